The van der Waals surface area contributed by atoms with Crippen molar-refractivity contribution in [2.45, 2.75) is 27.7 Å². The second-order valence-electron chi connectivity index (χ2n) is 8.83. The van der Waals surface area contributed by atoms with Crippen molar-refractivity contribution in [1.29, 1.82) is 0 Å². The number of hydrogen-bond donors (Lipinski definition) is 0. The molecule has 4 aromatic carbocycles. The molecule has 150 valence electrons. The molecule has 0 aliphatic rings. The molecule has 0 radical (unpaired) electrons. The standard InChI is InChI=1S/C29H23NO/c1-16(2)21-8-9-23-26-19(6-5-7-22(21)26)15-25-27(23)24-10-11-30-28(29(24)31-25)20-13-17(3)12-18(4)14-20/h5-15H,1-4H3. The molecule has 6 rings (SSSR count). The molecule has 2 heterocycles. The summed E-state index contributed by atoms with van der Waals surface area (Å²) in [5, 5.41) is 8.66. The van der Waals surface area contributed by atoms with Crippen molar-refractivity contribution in [2.75, 3.05) is 0 Å². The molecular formula is C29H23NO. The van der Waals surface area contributed by atoms with Gasteiger partial charge < -0.3 is 4.42 Å². The average molecular weight is 402 g/mol. The van der Waals surface area contributed by atoms with Crippen LogP contribution in [0.4, 0.5) is 0 Å². The molecule has 6 aromatic rings. The van der Waals surface area contributed by atoms with Crippen molar-refractivity contribution in [2.24, 2.45) is 0 Å². The number of hydrogen-bond acceptors (Lipinski definition) is 2. The molecule has 0 amide bonds. The summed E-state index contributed by atoms with van der Waals surface area (Å²) in [6.45, 7) is 8.60. The van der Waals surface area contributed by atoms with Gasteiger partial charge in [-0.15, -0.1) is 0 Å². The number of nitrogens with zero attached hydrogens (tertiary/aromatic N) is 1. The predicted molar refractivity (Wildman–Crippen MR) is 131 cm³/mol. The molecule has 31 heavy (non-hydrogen) atoms. The van der Waals surface area contributed by atoms with Gasteiger partial charge in [0, 0.05) is 22.5 Å². The number of benzene rings is 4. The minimum absolute atomic E-state index is 0.858. The van der Waals surface area contributed by atoms with E-state index in [0.29, 0.717) is 0 Å². The van der Waals surface area contributed by atoms with Crippen LogP contribution in [0.5, 0.6) is 0 Å². The van der Waals surface area contributed by atoms with Gasteiger partial charge in [-0.1, -0.05) is 53.1 Å². The van der Waals surface area contributed by atoms with Crippen molar-refractivity contribution in [3.05, 3.63) is 83.2 Å². The third kappa shape index (κ3) is 2.61. The first-order valence-electron chi connectivity index (χ1n) is 10.7. The monoisotopic (exact) mass is 401 g/mol. The Morgan fingerprint density at radius 2 is 1.58 bits per heavy atom. The third-order valence-electron chi connectivity index (χ3n) is 6.29. The minimum Gasteiger partial charge on any atom is -0.454 e. The number of aryl methyl sites for hydroxylation is 2. The van der Waals surface area contributed by atoms with E-state index < -0.39 is 0 Å². The first kappa shape index (κ1) is 18.1. The highest BCUT2D eigenvalue weighted by molar-refractivity contribution is 6.27. The van der Waals surface area contributed by atoms with E-state index in [4.69, 9.17) is 9.40 Å². The van der Waals surface area contributed by atoms with E-state index in [0.717, 1.165) is 27.8 Å². The summed E-state index contributed by atoms with van der Waals surface area (Å²) in [7, 11) is 0. The fourth-order valence-electron chi connectivity index (χ4n) is 5.08. The summed E-state index contributed by atoms with van der Waals surface area (Å²) in [6, 6.07) is 21.9. The lowest BCUT2D eigenvalue weighted by Crippen LogP contribution is -2.04. The highest BCUT2D eigenvalue weighted by Gasteiger charge is 2.18. The van der Waals surface area contributed by atoms with Crippen LogP contribution in [-0.4, -0.2) is 4.98 Å². The maximum absolute atomic E-state index is 6.50. The van der Waals surface area contributed by atoms with Crippen LogP contribution >= 0.6 is 0 Å². The van der Waals surface area contributed by atoms with Crippen molar-refractivity contribution in [3.8, 4) is 11.3 Å². The molecule has 0 saturated heterocycles. The van der Waals surface area contributed by atoms with Gasteiger partial charge in [-0.25, -0.2) is 0 Å². The molecule has 0 saturated carbocycles. The lowest BCUT2D eigenvalue weighted by Gasteiger charge is -2.08. The van der Waals surface area contributed by atoms with Crippen LogP contribution in [-0.2, 0) is 0 Å². The van der Waals surface area contributed by atoms with Gasteiger partial charge in [0.15, 0.2) is 5.58 Å². The molecule has 0 bridgehead atoms. The first-order valence-corrected chi connectivity index (χ1v) is 10.7. The summed E-state index contributed by atoms with van der Waals surface area (Å²) in [4.78, 5) is 4.73. The van der Waals surface area contributed by atoms with E-state index in [1.165, 1.54) is 48.8 Å². The molecule has 0 fully saturated rings. The summed E-state index contributed by atoms with van der Waals surface area (Å²) in [5.74, 6) is 0. The minimum atomic E-state index is 0.858. The van der Waals surface area contributed by atoms with Gasteiger partial charge in [0.1, 0.15) is 11.3 Å². The summed E-state index contributed by atoms with van der Waals surface area (Å²) in [5.41, 5.74) is 7.56. The highest BCUT2D eigenvalue weighted by atomic mass is 16.3. The summed E-state index contributed by atoms with van der Waals surface area (Å²) >= 11 is 0. The normalized spacial score (nSPS) is 11.9. The zero-order valence-corrected chi connectivity index (χ0v) is 18.2. The van der Waals surface area contributed by atoms with Crippen LogP contribution in [0.2, 0.25) is 0 Å². The molecule has 2 heteroatoms. The smallest absolute Gasteiger partial charge is 0.161 e. The molecule has 0 aliphatic heterocycles. The predicted octanol–water partition coefficient (Wildman–Crippen LogP) is 7.48. The Kier molecular flexibility index (Phi) is 3.76. The van der Waals surface area contributed by atoms with Crippen molar-refractivity contribution in [3.63, 3.8) is 0 Å². The van der Waals surface area contributed by atoms with Crippen LogP contribution in [0.15, 0.2) is 71.3 Å². The fraction of sp³-hybridized carbons (Fsp3) is 0.138. The lowest BCUT2D eigenvalue weighted by atomic mass is 9.94. The Bertz CT molecular complexity index is 1690. The Morgan fingerprint density at radius 3 is 2.35 bits per heavy atom. The molecular weight excluding hydrogens is 378 g/mol. The molecule has 2 aromatic heterocycles. The number of furan rings is 1. The molecule has 0 spiro atoms. The third-order valence-corrected chi connectivity index (χ3v) is 6.29. The molecule has 0 unspecified atom stereocenters. The van der Waals surface area contributed by atoms with Crippen molar-refractivity contribution >= 4 is 49.1 Å². The van der Waals surface area contributed by atoms with Crippen molar-refractivity contribution in [1.82, 2.24) is 4.98 Å². The molecule has 0 aliphatic carbocycles. The van der Waals surface area contributed by atoms with Gasteiger partial charge in [0.25, 0.3) is 0 Å². The lowest BCUT2D eigenvalue weighted by molar-refractivity contribution is 0.669. The van der Waals surface area contributed by atoms with E-state index in [9.17, 15) is 0 Å². The number of rotatable bonds is 1. The first-order chi connectivity index (χ1) is 15.0. The number of fused-ring (bicyclic) bond motifs is 4. The molecule has 2 nitrogen and oxygen atoms in total. The zero-order chi connectivity index (χ0) is 21.3. The van der Waals surface area contributed by atoms with Gasteiger partial charge in [0.2, 0.25) is 0 Å². The van der Waals surface area contributed by atoms with Crippen LogP contribution < -0.4 is 5.22 Å². The van der Waals surface area contributed by atoms with Crippen LogP contribution in [0.1, 0.15) is 25.0 Å². The van der Waals surface area contributed by atoms with E-state index in [-0.39, 0.29) is 0 Å². The Balaban J connectivity index is 1.80. The second-order valence-corrected chi connectivity index (χ2v) is 8.83. The Labute approximate surface area is 180 Å². The average Bonchev–Trinajstić information content (AvgIpc) is 3.11. The maximum Gasteiger partial charge on any atom is 0.161 e. The largest absolute Gasteiger partial charge is 0.454 e. The van der Waals surface area contributed by atoms with E-state index in [1.807, 2.05) is 6.20 Å². The highest BCUT2D eigenvalue weighted by Crippen LogP contribution is 2.40. The molecule has 0 N–H and O–H groups in total. The Morgan fingerprint density at radius 1 is 0.774 bits per heavy atom. The molecule has 0 atom stereocenters. The Hall–Kier alpha value is -3.65. The van der Waals surface area contributed by atoms with E-state index in [2.05, 4.69) is 88.4 Å². The van der Waals surface area contributed by atoms with Gasteiger partial charge in [-0.2, -0.15) is 0 Å². The van der Waals surface area contributed by atoms with E-state index >= 15 is 0 Å². The van der Waals surface area contributed by atoms with Gasteiger partial charge in [0.05, 0.1) is 0 Å². The van der Waals surface area contributed by atoms with Crippen LogP contribution in [0.3, 0.4) is 0 Å². The second kappa shape index (κ2) is 6.42. The van der Waals surface area contributed by atoms with Gasteiger partial charge in [-0.05, 0) is 78.7 Å². The van der Waals surface area contributed by atoms with Gasteiger partial charge >= 0.3 is 0 Å². The fourth-order valence-corrected chi connectivity index (χ4v) is 5.08. The van der Waals surface area contributed by atoms with Crippen LogP contribution in [0, 0.1) is 13.8 Å². The quantitative estimate of drug-likeness (QED) is 0.285. The summed E-state index contributed by atoms with van der Waals surface area (Å²) in [6.07, 6.45) is 1.90. The summed E-state index contributed by atoms with van der Waals surface area (Å²) < 4.78 is 6.50. The van der Waals surface area contributed by atoms with Gasteiger partial charge in [-0.3, -0.25) is 4.98 Å². The topological polar surface area (TPSA) is 26.0 Å². The van der Waals surface area contributed by atoms with E-state index in [1.54, 1.807) is 0 Å². The maximum atomic E-state index is 6.50. The van der Waals surface area contributed by atoms with Crippen molar-refractivity contribution < 1.29 is 4.42 Å². The SMILES string of the molecule is CC(C)=c1ccc2c3c(cccc13)cc1oc3c(-c4cc(C)cc(C)c4)nccc3c12. The number of aromatic nitrogens is 1. The number of pyridine rings is 1. The zero-order valence-electron chi connectivity index (χ0n) is 18.2. The van der Waals surface area contributed by atoms with Crippen LogP contribution in [0.25, 0.3) is 60.3 Å².